The van der Waals surface area contributed by atoms with Gasteiger partial charge in [-0.15, -0.1) is 5.06 Å². The van der Waals surface area contributed by atoms with E-state index in [0.29, 0.717) is 12.1 Å². The van der Waals surface area contributed by atoms with Crippen molar-refractivity contribution in [3.63, 3.8) is 0 Å². The molecule has 0 unspecified atom stereocenters. The summed E-state index contributed by atoms with van der Waals surface area (Å²) in [4.78, 5) is 40.3. The first-order chi connectivity index (χ1) is 10.9. The van der Waals surface area contributed by atoms with Gasteiger partial charge in [0.25, 0.3) is 5.91 Å². The Bertz CT molecular complexity index is 900. The fourth-order valence-electron chi connectivity index (χ4n) is 2.15. The second-order valence-electron chi connectivity index (χ2n) is 4.92. The van der Waals surface area contributed by atoms with Crippen LogP contribution in [0.4, 0.5) is 4.39 Å². The van der Waals surface area contributed by atoms with E-state index in [0.717, 1.165) is 23.3 Å². The first kappa shape index (κ1) is 14.8. The smallest absolute Gasteiger partial charge is 0.371 e. The average Bonchev–Trinajstić information content (AvgIpc) is 2.80. The fraction of sp³-hybridized carbons (Fsp3) is 0.133. The molecule has 1 saturated heterocycles. The second kappa shape index (κ2) is 5.24. The summed E-state index contributed by atoms with van der Waals surface area (Å²) in [5.41, 5.74) is -1.34. The van der Waals surface area contributed by atoms with Gasteiger partial charge in [0.2, 0.25) is 0 Å². The van der Waals surface area contributed by atoms with Crippen LogP contribution in [-0.2, 0) is 9.63 Å². The van der Waals surface area contributed by atoms with Gasteiger partial charge in [0.05, 0.1) is 5.70 Å². The van der Waals surface area contributed by atoms with Crippen molar-refractivity contribution in [2.24, 2.45) is 0 Å². The number of carbonyl (C=O) groups is 2. The van der Waals surface area contributed by atoms with Crippen LogP contribution in [0.1, 0.15) is 23.2 Å². The molecule has 0 spiro atoms. The fourth-order valence-corrected chi connectivity index (χ4v) is 2.15. The van der Waals surface area contributed by atoms with Gasteiger partial charge in [0, 0.05) is 17.9 Å². The maximum absolute atomic E-state index is 13.4. The number of allylic oxidation sites excluding steroid dienone is 1. The lowest BCUT2D eigenvalue weighted by Crippen LogP contribution is -2.29. The van der Waals surface area contributed by atoms with Gasteiger partial charge in [-0.25, -0.2) is 14.0 Å². The standard InChI is InChI=1S/C15H10FNO6/c1-7-2-3-13(19)17(7)23-15(21)9-4-8-5-10(16)11(18)6-12(8)22-14(9)20/h4-6,18H,1-3H2. The highest BCUT2D eigenvalue weighted by Crippen LogP contribution is 2.24. The zero-order valence-corrected chi connectivity index (χ0v) is 11.7. The number of amides is 1. The number of rotatable bonds is 2. The lowest BCUT2D eigenvalue weighted by atomic mass is 10.2. The maximum atomic E-state index is 13.4. The number of hydrogen-bond donors (Lipinski definition) is 1. The minimum absolute atomic E-state index is 0.0819. The summed E-state index contributed by atoms with van der Waals surface area (Å²) in [6, 6.07) is 2.90. The number of hydrogen-bond acceptors (Lipinski definition) is 6. The molecule has 1 aromatic heterocycles. The zero-order chi connectivity index (χ0) is 16.7. The Morgan fingerprint density at radius 1 is 1.30 bits per heavy atom. The molecule has 2 aromatic rings. The van der Waals surface area contributed by atoms with Crippen molar-refractivity contribution in [1.82, 2.24) is 5.06 Å². The van der Waals surface area contributed by atoms with Crippen molar-refractivity contribution in [3.05, 3.63) is 52.3 Å². The molecule has 0 saturated carbocycles. The maximum Gasteiger partial charge on any atom is 0.371 e. The monoisotopic (exact) mass is 319 g/mol. The summed E-state index contributed by atoms with van der Waals surface area (Å²) in [5.74, 6) is -3.20. The Balaban J connectivity index is 1.99. The van der Waals surface area contributed by atoms with Gasteiger partial charge in [0.15, 0.2) is 11.6 Å². The van der Waals surface area contributed by atoms with Crippen molar-refractivity contribution in [2.45, 2.75) is 12.8 Å². The van der Waals surface area contributed by atoms with Gasteiger partial charge >= 0.3 is 11.6 Å². The highest BCUT2D eigenvalue weighted by atomic mass is 19.1. The van der Waals surface area contributed by atoms with Crippen LogP contribution in [0.5, 0.6) is 5.75 Å². The number of hydroxylamine groups is 2. The highest BCUT2D eigenvalue weighted by molar-refractivity contribution is 5.94. The normalized spacial score (nSPS) is 14.6. The predicted molar refractivity (Wildman–Crippen MR) is 74.7 cm³/mol. The van der Waals surface area contributed by atoms with Gasteiger partial charge in [-0.3, -0.25) is 4.79 Å². The van der Waals surface area contributed by atoms with E-state index >= 15 is 0 Å². The van der Waals surface area contributed by atoms with Crippen molar-refractivity contribution in [1.29, 1.82) is 0 Å². The number of phenolic OH excluding ortho intramolecular Hbond substituents is 1. The van der Waals surface area contributed by atoms with Crippen molar-refractivity contribution in [3.8, 4) is 5.75 Å². The number of halogens is 1. The van der Waals surface area contributed by atoms with Crippen molar-refractivity contribution < 1.29 is 28.3 Å². The molecule has 1 fully saturated rings. The Morgan fingerprint density at radius 3 is 2.70 bits per heavy atom. The molecule has 0 bridgehead atoms. The summed E-state index contributed by atoms with van der Waals surface area (Å²) >= 11 is 0. The Morgan fingerprint density at radius 2 is 2.04 bits per heavy atom. The van der Waals surface area contributed by atoms with E-state index < -0.39 is 34.6 Å². The molecule has 3 rings (SSSR count). The molecular weight excluding hydrogens is 309 g/mol. The summed E-state index contributed by atoms with van der Waals surface area (Å²) < 4.78 is 18.2. The molecule has 1 N–H and O–H groups in total. The third-order valence-corrected chi connectivity index (χ3v) is 3.34. The molecular formula is C15H10FNO6. The summed E-state index contributed by atoms with van der Waals surface area (Å²) in [6.07, 6.45) is 0.506. The summed E-state index contributed by atoms with van der Waals surface area (Å²) in [5, 5.41) is 10.1. The van der Waals surface area contributed by atoms with Crippen LogP contribution >= 0.6 is 0 Å². The van der Waals surface area contributed by atoms with Gasteiger partial charge in [0.1, 0.15) is 11.1 Å². The minimum atomic E-state index is -1.12. The molecule has 0 aliphatic carbocycles. The largest absolute Gasteiger partial charge is 0.505 e. The third kappa shape index (κ3) is 2.54. The SMILES string of the molecule is C=C1CCC(=O)N1OC(=O)c1cc2cc(F)c(O)cc2oc1=O. The first-order valence-electron chi connectivity index (χ1n) is 6.56. The topological polar surface area (TPSA) is 97.1 Å². The summed E-state index contributed by atoms with van der Waals surface area (Å²) in [7, 11) is 0. The first-order valence-corrected chi connectivity index (χ1v) is 6.56. The quantitative estimate of drug-likeness (QED) is 0.848. The molecule has 0 atom stereocenters. The molecule has 23 heavy (non-hydrogen) atoms. The number of nitrogens with zero attached hydrogens (tertiary/aromatic N) is 1. The Kier molecular flexibility index (Phi) is 3.36. The van der Waals surface area contributed by atoms with Crippen LogP contribution in [-0.4, -0.2) is 22.0 Å². The lowest BCUT2D eigenvalue weighted by Gasteiger charge is -2.15. The minimum Gasteiger partial charge on any atom is -0.505 e. The number of carbonyl (C=O) groups excluding carboxylic acids is 2. The van der Waals surface area contributed by atoms with Crippen LogP contribution in [0.2, 0.25) is 0 Å². The van der Waals surface area contributed by atoms with Crippen LogP contribution < -0.4 is 5.63 Å². The van der Waals surface area contributed by atoms with E-state index in [1.54, 1.807) is 0 Å². The van der Waals surface area contributed by atoms with Crippen molar-refractivity contribution >= 4 is 22.8 Å². The third-order valence-electron chi connectivity index (χ3n) is 3.34. The molecule has 1 aliphatic rings. The van der Waals surface area contributed by atoms with E-state index in [9.17, 15) is 23.9 Å². The van der Waals surface area contributed by atoms with E-state index in [4.69, 9.17) is 9.25 Å². The van der Waals surface area contributed by atoms with E-state index in [-0.39, 0.29) is 17.4 Å². The van der Waals surface area contributed by atoms with Crippen molar-refractivity contribution in [2.75, 3.05) is 0 Å². The van der Waals surface area contributed by atoms with E-state index in [1.807, 2.05) is 0 Å². The molecule has 118 valence electrons. The van der Waals surface area contributed by atoms with Crippen LogP contribution in [0, 0.1) is 5.82 Å². The lowest BCUT2D eigenvalue weighted by molar-refractivity contribution is -0.153. The molecule has 0 radical (unpaired) electrons. The summed E-state index contributed by atoms with van der Waals surface area (Å²) in [6.45, 7) is 3.58. The van der Waals surface area contributed by atoms with Crippen LogP contribution in [0.25, 0.3) is 11.0 Å². The number of aromatic hydroxyl groups is 1. The Hall–Kier alpha value is -3.16. The number of fused-ring (bicyclic) bond motifs is 1. The average molecular weight is 319 g/mol. The molecule has 8 heteroatoms. The van der Waals surface area contributed by atoms with Gasteiger partial charge in [-0.1, -0.05) is 6.58 Å². The molecule has 1 aliphatic heterocycles. The Labute approximate surface area is 128 Å². The number of benzene rings is 1. The zero-order valence-electron chi connectivity index (χ0n) is 11.7. The molecule has 1 aromatic carbocycles. The number of phenols is 1. The van der Waals surface area contributed by atoms with Gasteiger partial charge < -0.3 is 14.4 Å². The molecule has 7 nitrogen and oxygen atoms in total. The van der Waals surface area contributed by atoms with Crippen LogP contribution in [0.15, 0.2) is 39.7 Å². The molecule has 2 heterocycles. The van der Waals surface area contributed by atoms with Gasteiger partial charge in [-0.2, -0.15) is 0 Å². The van der Waals surface area contributed by atoms with E-state index in [1.165, 1.54) is 0 Å². The predicted octanol–water partition coefficient (Wildman–Crippen LogP) is 1.85. The van der Waals surface area contributed by atoms with Crippen LogP contribution in [0.3, 0.4) is 0 Å². The van der Waals surface area contributed by atoms with E-state index in [2.05, 4.69) is 6.58 Å². The van der Waals surface area contributed by atoms with Gasteiger partial charge in [-0.05, 0) is 18.6 Å². The molecule has 1 amide bonds. The highest BCUT2D eigenvalue weighted by Gasteiger charge is 2.29. The second-order valence-corrected chi connectivity index (χ2v) is 4.92.